The first kappa shape index (κ1) is 23.0. The molecule has 4 aliphatic rings. The van der Waals surface area contributed by atoms with Crippen molar-refractivity contribution in [2.45, 2.75) is 86.2 Å². The Labute approximate surface area is 206 Å². The molecule has 4 fully saturated rings. The fourth-order valence-corrected chi connectivity index (χ4v) is 8.70. The Bertz CT molecular complexity index is 1220. The molecule has 35 heavy (non-hydrogen) atoms. The van der Waals surface area contributed by atoms with Crippen LogP contribution >= 0.6 is 0 Å². The number of piperidine rings is 2. The Kier molecular flexibility index (Phi) is 5.27. The maximum absolute atomic E-state index is 13.6. The Morgan fingerprint density at radius 1 is 1.26 bits per heavy atom. The summed E-state index contributed by atoms with van der Waals surface area (Å²) in [6, 6.07) is 5.63. The fraction of sp³-hybridized carbons (Fsp3) is 0.640. The van der Waals surface area contributed by atoms with Gasteiger partial charge in [-0.25, -0.2) is 13.4 Å². The molecule has 0 aromatic carbocycles. The van der Waals surface area contributed by atoms with Crippen molar-refractivity contribution in [3.63, 3.8) is 0 Å². The van der Waals surface area contributed by atoms with Crippen molar-refractivity contribution in [3.05, 3.63) is 35.9 Å². The molecule has 2 aromatic heterocycles. The van der Waals surface area contributed by atoms with Gasteiger partial charge in [0, 0.05) is 49.9 Å². The number of pyridine rings is 1. The van der Waals surface area contributed by atoms with Gasteiger partial charge in [-0.3, -0.25) is 9.69 Å². The summed E-state index contributed by atoms with van der Waals surface area (Å²) in [5.41, 5.74) is 0.337. The van der Waals surface area contributed by atoms with E-state index in [4.69, 9.17) is 4.52 Å². The van der Waals surface area contributed by atoms with Gasteiger partial charge in [-0.2, -0.15) is 0 Å². The van der Waals surface area contributed by atoms with Gasteiger partial charge in [0.25, 0.3) is 5.91 Å². The molecule has 188 valence electrons. The SMILES string of the molecule is CC(C)CN(C)c1ccc(S(=O)(=O)C23CC4CC(NC(=O)c5cc(C6CC6)on5)CC(C2)N43)cn1. The van der Waals surface area contributed by atoms with Crippen molar-refractivity contribution in [2.75, 3.05) is 18.5 Å². The number of hydrogen-bond acceptors (Lipinski definition) is 8. The molecule has 6 rings (SSSR count). The summed E-state index contributed by atoms with van der Waals surface area (Å²) in [6.45, 7) is 5.14. The lowest BCUT2D eigenvalue weighted by Gasteiger charge is -2.72. The summed E-state index contributed by atoms with van der Waals surface area (Å²) < 4.78 is 32.5. The predicted molar refractivity (Wildman–Crippen MR) is 130 cm³/mol. The molecule has 1 aliphatic carbocycles. The second-order valence-electron chi connectivity index (χ2n) is 11.2. The van der Waals surface area contributed by atoms with E-state index in [-0.39, 0.29) is 24.0 Å². The molecule has 2 unspecified atom stereocenters. The van der Waals surface area contributed by atoms with Crippen LogP contribution in [0, 0.1) is 5.92 Å². The Morgan fingerprint density at radius 3 is 2.57 bits per heavy atom. The summed E-state index contributed by atoms with van der Waals surface area (Å²) in [4.78, 5) is 20.8. The van der Waals surface area contributed by atoms with Gasteiger partial charge >= 0.3 is 0 Å². The fourth-order valence-electron chi connectivity index (χ4n) is 6.42. The first-order chi connectivity index (χ1) is 16.7. The standard InChI is InChI=1S/C25H33N5O4S/c1-15(2)14-29(3)23-7-6-20(13-26-23)35(32,33)25-11-18-8-17(9-19(12-25)30(18)25)27-24(31)21-10-22(34-28-21)16-4-5-16/h6-7,10,13,15-19H,4-5,8-9,11-12,14H2,1-3H3,(H,27,31). The Balaban J connectivity index is 1.10. The van der Waals surface area contributed by atoms with Crippen LogP contribution in [0.1, 0.15) is 74.5 Å². The van der Waals surface area contributed by atoms with Gasteiger partial charge in [0.2, 0.25) is 0 Å². The van der Waals surface area contributed by atoms with Crippen LogP contribution in [0.15, 0.2) is 33.8 Å². The normalized spacial score (nSPS) is 29.8. The molecule has 3 aliphatic heterocycles. The number of amides is 1. The van der Waals surface area contributed by atoms with Gasteiger partial charge in [0.05, 0.1) is 4.90 Å². The van der Waals surface area contributed by atoms with Gasteiger partial charge in [-0.1, -0.05) is 19.0 Å². The van der Waals surface area contributed by atoms with Gasteiger partial charge in [-0.05, 0) is 56.6 Å². The Morgan fingerprint density at radius 2 is 1.97 bits per heavy atom. The smallest absolute Gasteiger partial charge is 0.273 e. The minimum absolute atomic E-state index is 0.0215. The summed E-state index contributed by atoms with van der Waals surface area (Å²) in [5.74, 6) is 2.28. The molecule has 10 heteroatoms. The number of aromatic nitrogens is 2. The van der Waals surface area contributed by atoms with E-state index < -0.39 is 14.7 Å². The highest BCUT2D eigenvalue weighted by Crippen LogP contribution is 2.60. The lowest BCUT2D eigenvalue weighted by molar-refractivity contribution is -0.176. The van der Waals surface area contributed by atoms with E-state index in [0.717, 1.165) is 43.8 Å². The van der Waals surface area contributed by atoms with Crippen LogP contribution in [0.25, 0.3) is 0 Å². The summed E-state index contributed by atoms with van der Waals surface area (Å²) >= 11 is 0. The number of hydrogen-bond donors (Lipinski definition) is 1. The number of carbonyl (C=O) groups is 1. The molecule has 5 heterocycles. The van der Waals surface area contributed by atoms with Crippen LogP contribution in [-0.4, -0.2) is 66.0 Å². The number of nitrogens with zero attached hydrogens (tertiary/aromatic N) is 4. The minimum Gasteiger partial charge on any atom is -0.360 e. The maximum Gasteiger partial charge on any atom is 0.273 e. The van der Waals surface area contributed by atoms with Crippen LogP contribution < -0.4 is 10.2 Å². The number of nitrogens with one attached hydrogen (secondary N) is 1. The molecule has 9 nitrogen and oxygen atoms in total. The van der Waals surface area contributed by atoms with Crippen molar-refractivity contribution >= 4 is 21.6 Å². The second kappa shape index (κ2) is 8.03. The van der Waals surface area contributed by atoms with E-state index >= 15 is 0 Å². The lowest BCUT2D eigenvalue weighted by Crippen LogP contribution is -2.84. The largest absolute Gasteiger partial charge is 0.360 e. The number of carbonyl (C=O) groups excluding carboxylic acids is 1. The lowest BCUT2D eigenvalue weighted by atomic mass is 9.67. The molecule has 2 atom stereocenters. The highest BCUT2D eigenvalue weighted by atomic mass is 32.2. The molecule has 1 saturated carbocycles. The predicted octanol–water partition coefficient (Wildman–Crippen LogP) is 2.95. The summed E-state index contributed by atoms with van der Waals surface area (Å²) in [7, 11) is -1.55. The summed E-state index contributed by atoms with van der Waals surface area (Å²) in [6.07, 6.45) is 6.41. The first-order valence-corrected chi connectivity index (χ1v) is 14.1. The minimum atomic E-state index is -3.52. The zero-order valence-corrected chi connectivity index (χ0v) is 21.3. The van der Waals surface area contributed by atoms with Crippen LogP contribution in [0.4, 0.5) is 5.82 Å². The maximum atomic E-state index is 13.6. The number of anilines is 1. The van der Waals surface area contributed by atoms with Crippen molar-refractivity contribution in [1.29, 1.82) is 0 Å². The first-order valence-electron chi connectivity index (χ1n) is 12.7. The van der Waals surface area contributed by atoms with Crippen molar-refractivity contribution < 1.29 is 17.7 Å². The second-order valence-corrected chi connectivity index (χ2v) is 13.5. The van der Waals surface area contributed by atoms with E-state index in [1.54, 1.807) is 18.2 Å². The van der Waals surface area contributed by atoms with Crippen molar-refractivity contribution in [2.24, 2.45) is 5.92 Å². The molecule has 2 aromatic rings. The Hall–Kier alpha value is -2.46. The monoisotopic (exact) mass is 499 g/mol. The summed E-state index contributed by atoms with van der Waals surface area (Å²) in [5, 5.41) is 7.05. The highest BCUT2D eigenvalue weighted by molar-refractivity contribution is 7.93. The van der Waals surface area contributed by atoms with Crippen LogP contribution in [-0.2, 0) is 9.84 Å². The molecule has 0 bridgehead atoms. The van der Waals surface area contributed by atoms with E-state index in [9.17, 15) is 13.2 Å². The van der Waals surface area contributed by atoms with Gasteiger partial charge in [0.1, 0.15) is 16.4 Å². The third-order valence-corrected chi connectivity index (χ3v) is 10.5. The van der Waals surface area contributed by atoms with E-state index in [1.165, 1.54) is 6.20 Å². The van der Waals surface area contributed by atoms with Gasteiger partial charge in [0.15, 0.2) is 15.5 Å². The third-order valence-electron chi connectivity index (χ3n) is 8.12. The third kappa shape index (κ3) is 3.67. The molecular formula is C25H33N5O4S. The van der Waals surface area contributed by atoms with Gasteiger partial charge < -0.3 is 14.7 Å². The average Bonchev–Trinajstić information content (AvgIpc) is 3.51. The topological polar surface area (TPSA) is 109 Å². The average molecular weight is 500 g/mol. The van der Waals surface area contributed by atoms with Crippen LogP contribution in [0.5, 0.6) is 0 Å². The van der Waals surface area contributed by atoms with Crippen LogP contribution in [0.2, 0.25) is 0 Å². The quantitative estimate of drug-likeness (QED) is 0.591. The zero-order valence-electron chi connectivity index (χ0n) is 20.5. The van der Waals surface area contributed by atoms with Crippen LogP contribution in [0.3, 0.4) is 0 Å². The van der Waals surface area contributed by atoms with E-state index in [2.05, 4.69) is 34.2 Å². The zero-order chi connectivity index (χ0) is 24.5. The molecule has 1 amide bonds. The van der Waals surface area contributed by atoms with E-state index in [0.29, 0.717) is 35.3 Å². The molecule has 1 N–H and O–H groups in total. The highest BCUT2D eigenvalue weighted by Gasteiger charge is 2.71. The molecule has 0 spiro atoms. The number of rotatable bonds is 8. The van der Waals surface area contributed by atoms with E-state index in [1.807, 2.05) is 11.9 Å². The molecule has 3 saturated heterocycles. The molecular weight excluding hydrogens is 466 g/mol. The van der Waals surface area contributed by atoms with Gasteiger partial charge in [-0.15, -0.1) is 0 Å². The molecule has 0 radical (unpaired) electrons. The van der Waals surface area contributed by atoms with Crippen molar-refractivity contribution in [1.82, 2.24) is 20.4 Å². The number of sulfone groups is 1. The van der Waals surface area contributed by atoms with Crippen molar-refractivity contribution in [3.8, 4) is 0 Å².